The first-order valence-electron chi connectivity index (χ1n) is 9.95. The number of β-amino-alcohol motifs (C(OH)–C–C–N with tert-alkyl or cyclic N) is 1. The van der Waals surface area contributed by atoms with Crippen LogP contribution in [0.15, 0.2) is 42.5 Å². The minimum Gasteiger partial charge on any atom is -0.491 e. The zero-order valence-electron chi connectivity index (χ0n) is 16.9. The van der Waals surface area contributed by atoms with Gasteiger partial charge < -0.3 is 19.5 Å². The quantitative estimate of drug-likeness (QED) is 0.533. The summed E-state index contributed by atoms with van der Waals surface area (Å²) in [4.78, 5) is 9.05. The molecular formula is C21H21ClF3N3O3S. The summed E-state index contributed by atoms with van der Waals surface area (Å²) in [6.07, 6.45) is -5.46. The predicted molar refractivity (Wildman–Crippen MR) is 118 cm³/mol. The van der Waals surface area contributed by atoms with Crippen molar-refractivity contribution in [3.05, 3.63) is 47.5 Å². The van der Waals surface area contributed by atoms with E-state index in [4.69, 9.17) is 16.3 Å². The largest absolute Gasteiger partial charge is 0.573 e. The Morgan fingerprint density at radius 2 is 1.75 bits per heavy atom. The summed E-state index contributed by atoms with van der Waals surface area (Å²) in [6, 6.07) is 10.8. The lowest BCUT2D eigenvalue weighted by Gasteiger charge is -2.35. The van der Waals surface area contributed by atoms with Crippen molar-refractivity contribution < 1.29 is 27.8 Å². The van der Waals surface area contributed by atoms with Crippen LogP contribution >= 0.6 is 22.9 Å². The summed E-state index contributed by atoms with van der Waals surface area (Å²) in [5, 5.41) is 12.0. The number of hydrogen-bond acceptors (Lipinski definition) is 7. The molecule has 1 aliphatic rings. The van der Waals surface area contributed by atoms with E-state index in [2.05, 4.69) is 19.5 Å². The van der Waals surface area contributed by atoms with E-state index in [9.17, 15) is 18.3 Å². The third kappa shape index (κ3) is 6.16. The number of aliphatic hydroxyl groups excluding tert-OH is 1. The van der Waals surface area contributed by atoms with Gasteiger partial charge in [-0.25, -0.2) is 4.98 Å². The van der Waals surface area contributed by atoms with E-state index >= 15 is 0 Å². The number of aliphatic hydroxyl groups is 1. The average Bonchev–Trinajstić information content (AvgIpc) is 3.16. The fraction of sp³-hybridized carbons (Fsp3) is 0.381. The maximum Gasteiger partial charge on any atom is 0.573 e. The van der Waals surface area contributed by atoms with Gasteiger partial charge in [-0.05, 0) is 42.5 Å². The first-order chi connectivity index (χ1) is 15.2. The van der Waals surface area contributed by atoms with E-state index in [0.29, 0.717) is 17.3 Å². The minimum atomic E-state index is -4.73. The van der Waals surface area contributed by atoms with Gasteiger partial charge in [0, 0.05) is 37.7 Å². The maximum absolute atomic E-state index is 12.2. The highest BCUT2D eigenvalue weighted by Gasteiger charge is 2.31. The predicted octanol–water partition coefficient (Wildman–Crippen LogP) is 4.41. The number of hydrogen-bond donors (Lipinski definition) is 1. The highest BCUT2D eigenvalue weighted by molar-refractivity contribution is 7.22. The molecule has 0 saturated carbocycles. The number of fused-ring (bicyclic) bond motifs is 1. The highest BCUT2D eigenvalue weighted by Crippen LogP contribution is 2.31. The Morgan fingerprint density at radius 3 is 2.44 bits per heavy atom. The molecule has 32 heavy (non-hydrogen) atoms. The van der Waals surface area contributed by atoms with Gasteiger partial charge in [-0.3, -0.25) is 4.90 Å². The van der Waals surface area contributed by atoms with Crippen LogP contribution in [0, 0.1) is 0 Å². The highest BCUT2D eigenvalue weighted by atomic mass is 35.5. The van der Waals surface area contributed by atoms with E-state index in [1.165, 1.54) is 24.3 Å². The number of nitrogens with zero attached hydrogens (tertiary/aromatic N) is 3. The molecular weight excluding hydrogens is 467 g/mol. The molecule has 1 N–H and O–H groups in total. The fourth-order valence-electron chi connectivity index (χ4n) is 3.42. The fourth-order valence-corrected chi connectivity index (χ4v) is 4.72. The molecule has 0 bridgehead atoms. The molecule has 1 aliphatic heterocycles. The molecule has 2 aromatic carbocycles. The Kier molecular flexibility index (Phi) is 6.94. The third-order valence-corrected chi connectivity index (χ3v) is 6.26. The second-order valence-electron chi connectivity index (χ2n) is 7.38. The van der Waals surface area contributed by atoms with E-state index in [1.807, 2.05) is 18.2 Å². The summed E-state index contributed by atoms with van der Waals surface area (Å²) >= 11 is 7.67. The standard InChI is InChI=1S/C21H21ClF3N3O3S/c22-14-1-6-18-19(11-14)32-20(26-18)28-9-7-27(8-10-28)12-15(29)13-30-16-2-4-17(5-3-16)31-21(23,24)25/h1-6,11,15,29H,7-10,12-13H2. The smallest absolute Gasteiger partial charge is 0.491 e. The van der Waals surface area contributed by atoms with Crippen LogP contribution in [0.2, 0.25) is 5.02 Å². The molecule has 1 atom stereocenters. The number of alkyl halides is 3. The van der Waals surface area contributed by atoms with Crippen molar-refractivity contribution in [3.8, 4) is 11.5 Å². The monoisotopic (exact) mass is 487 g/mol. The molecule has 0 spiro atoms. The number of rotatable bonds is 7. The Morgan fingerprint density at radius 1 is 1.06 bits per heavy atom. The number of aromatic nitrogens is 1. The zero-order valence-corrected chi connectivity index (χ0v) is 18.5. The summed E-state index contributed by atoms with van der Waals surface area (Å²) < 4.78 is 47.0. The minimum absolute atomic E-state index is 0.0400. The third-order valence-electron chi connectivity index (χ3n) is 4.95. The van der Waals surface area contributed by atoms with Gasteiger partial charge in [0.05, 0.1) is 10.2 Å². The number of benzene rings is 2. The SMILES string of the molecule is OC(COc1ccc(OC(F)(F)F)cc1)CN1CCN(c2nc3ccc(Cl)cc3s2)CC1. The van der Waals surface area contributed by atoms with Crippen LogP contribution in [0.5, 0.6) is 11.5 Å². The lowest BCUT2D eigenvalue weighted by Crippen LogP contribution is -2.49. The van der Waals surface area contributed by atoms with Crippen LogP contribution in [-0.2, 0) is 0 Å². The number of halogens is 4. The van der Waals surface area contributed by atoms with E-state index < -0.39 is 12.5 Å². The molecule has 11 heteroatoms. The van der Waals surface area contributed by atoms with Crippen LogP contribution in [0.1, 0.15) is 0 Å². The Balaban J connectivity index is 1.21. The number of piperazine rings is 1. The first-order valence-corrected chi connectivity index (χ1v) is 11.1. The molecule has 1 fully saturated rings. The summed E-state index contributed by atoms with van der Waals surface area (Å²) in [5.41, 5.74) is 0.933. The lowest BCUT2D eigenvalue weighted by molar-refractivity contribution is -0.274. The van der Waals surface area contributed by atoms with Crippen molar-refractivity contribution in [2.45, 2.75) is 12.5 Å². The molecule has 2 heterocycles. The first kappa shape index (κ1) is 22.9. The zero-order chi connectivity index (χ0) is 22.7. The second kappa shape index (κ2) is 9.70. The van der Waals surface area contributed by atoms with Gasteiger partial charge >= 0.3 is 6.36 Å². The van der Waals surface area contributed by atoms with Crippen LogP contribution in [0.25, 0.3) is 10.2 Å². The van der Waals surface area contributed by atoms with Crippen molar-refractivity contribution in [2.24, 2.45) is 0 Å². The van der Waals surface area contributed by atoms with Gasteiger partial charge in [-0.1, -0.05) is 22.9 Å². The molecule has 4 rings (SSSR count). The van der Waals surface area contributed by atoms with Crippen LogP contribution in [-0.4, -0.2) is 66.8 Å². The molecule has 0 radical (unpaired) electrons. The van der Waals surface area contributed by atoms with Crippen LogP contribution in [0.3, 0.4) is 0 Å². The number of thiazole rings is 1. The molecule has 1 saturated heterocycles. The van der Waals surface area contributed by atoms with Gasteiger partial charge in [0.15, 0.2) is 5.13 Å². The van der Waals surface area contributed by atoms with Gasteiger partial charge in [0.25, 0.3) is 0 Å². The van der Waals surface area contributed by atoms with Crippen molar-refractivity contribution in [2.75, 3.05) is 44.2 Å². The van der Waals surface area contributed by atoms with Gasteiger partial charge in [-0.15, -0.1) is 13.2 Å². The Hall–Kier alpha value is -2.27. The lowest BCUT2D eigenvalue weighted by atomic mass is 10.2. The molecule has 1 unspecified atom stereocenters. The molecule has 6 nitrogen and oxygen atoms in total. The molecule has 0 aliphatic carbocycles. The Bertz CT molecular complexity index is 1040. The number of anilines is 1. The topological polar surface area (TPSA) is 58.1 Å². The molecule has 1 aromatic heterocycles. The van der Waals surface area contributed by atoms with Crippen LogP contribution in [0.4, 0.5) is 18.3 Å². The Labute approximate surface area is 191 Å². The summed E-state index contributed by atoms with van der Waals surface area (Å²) in [6.45, 7) is 3.62. The van der Waals surface area contributed by atoms with E-state index in [1.54, 1.807) is 11.3 Å². The normalized spacial score (nSPS) is 16.3. The summed E-state index contributed by atoms with van der Waals surface area (Å²) in [7, 11) is 0. The van der Waals surface area contributed by atoms with Crippen molar-refractivity contribution in [3.63, 3.8) is 0 Å². The van der Waals surface area contributed by atoms with Crippen molar-refractivity contribution in [1.82, 2.24) is 9.88 Å². The second-order valence-corrected chi connectivity index (χ2v) is 8.83. The van der Waals surface area contributed by atoms with Crippen molar-refractivity contribution >= 4 is 38.3 Å². The van der Waals surface area contributed by atoms with Gasteiger partial charge in [0.2, 0.25) is 0 Å². The van der Waals surface area contributed by atoms with Crippen LogP contribution < -0.4 is 14.4 Å². The summed E-state index contributed by atoms with van der Waals surface area (Å²) in [5.74, 6) is 0.0406. The van der Waals surface area contributed by atoms with E-state index in [-0.39, 0.29) is 12.4 Å². The maximum atomic E-state index is 12.2. The molecule has 172 valence electrons. The number of ether oxygens (including phenoxy) is 2. The van der Waals surface area contributed by atoms with Gasteiger partial charge in [-0.2, -0.15) is 0 Å². The molecule has 0 amide bonds. The average molecular weight is 488 g/mol. The molecule has 3 aromatic rings. The van der Waals surface area contributed by atoms with E-state index in [0.717, 1.165) is 41.5 Å². The van der Waals surface area contributed by atoms with Gasteiger partial charge in [0.1, 0.15) is 24.2 Å². The van der Waals surface area contributed by atoms with Crippen molar-refractivity contribution in [1.29, 1.82) is 0 Å².